The molecule has 16 nitrogen and oxygen atoms in total. The molecule has 16 heteroatoms. The van der Waals surface area contributed by atoms with E-state index in [2.05, 4.69) is 26.3 Å². The summed E-state index contributed by atoms with van der Waals surface area (Å²) in [5, 5.41) is 22.5. The lowest BCUT2D eigenvalue weighted by atomic mass is 9.98. The highest BCUT2D eigenvalue weighted by atomic mass is 16.6. The van der Waals surface area contributed by atoms with Crippen molar-refractivity contribution in [3.63, 3.8) is 0 Å². The fourth-order valence-corrected chi connectivity index (χ4v) is 6.56. The number of aliphatic hydroxyl groups excluding tert-OH is 1. The van der Waals surface area contributed by atoms with E-state index in [0.717, 1.165) is 11.1 Å². The fourth-order valence-electron chi connectivity index (χ4n) is 6.56. The quantitative estimate of drug-likeness (QED) is 0.0537. The number of aliphatic hydroxyl groups is 1. The Hall–Kier alpha value is -6.94. The Morgan fingerprint density at radius 2 is 1.30 bits per heavy atom. The first kappa shape index (κ1) is 47.1. The zero-order valence-corrected chi connectivity index (χ0v) is 36.0. The van der Waals surface area contributed by atoms with E-state index in [-0.39, 0.29) is 38.7 Å². The van der Waals surface area contributed by atoms with E-state index in [1.165, 1.54) is 0 Å². The molecule has 0 saturated carbocycles. The number of guanidine groups is 1. The lowest BCUT2D eigenvalue weighted by molar-refractivity contribution is -0.133. The van der Waals surface area contributed by atoms with Crippen molar-refractivity contribution in [2.75, 3.05) is 19.7 Å². The smallest absolute Gasteiger partial charge is 0.437 e. The standard InChI is InChI=1S/C47H56N6O10/c1-5-60-37-23-21-32(22-24-37)29-38(49-46(59)63-47(2,3)4)41(55)50-39(40(54)35-19-13-8-14-20-35)42(56)48-36-25-27-53(28-26-36)43(51-44(57)61-30-33-15-9-6-10-16-33)52-45(58)62-31-34-17-11-7-12-18-34/h6-24,36,38-40,54H,5,25-31H2,1-4H3,(H,48,56)(H,49,59)(H,50,55)(H,51,52,57,58)/t38?,39-,40-/m1/s1. The van der Waals surface area contributed by atoms with Gasteiger partial charge in [0.25, 0.3) is 0 Å². The minimum atomic E-state index is -1.49. The molecule has 5 N–H and O–H groups in total. The second-order valence-corrected chi connectivity index (χ2v) is 15.8. The summed E-state index contributed by atoms with van der Waals surface area (Å²) in [6.45, 7) is 7.85. The molecule has 3 atom stereocenters. The summed E-state index contributed by atoms with van der Waals surface area (Å²) in [4.78, 5) is 72.8. The minimum Gasteiger partial charge on any atom is -0.494 e. The molecular weight excluding hydrogens is 809 g/mol. The summed E-state index contributed by atoms with van der Waals surface area (Å²) < 4.78 is 21.8. The van der Waals surface area contributed by atoms with Gasteiger partial charge in [-0.05, 0) is 74.9 Å². The number of nitrogens with zero attached hydrogens (tertiary/aromatic N) is 2. The lowest BCUT2D eigenvalue weighted by Gasteiger charge is -2.35. The maximum Gasteiger partial charge on any atom is 0.437 e. The molecule has 0 spiro atoms. The van der Waals surface area contributed by atoms with Crippen molar-refractivity contribution in [3.05, 3.63) is 138 Å². The van der Waals surface area contributed by atoms with Gasteiger partial charge in [-0.15, -0.1) is 4.99 Å². The first-order valence-corrected chi connectivity index (χ1v) is 20.8. The van der Waals surface area contributed by atoms with E-state index >= 15 is 0 Å². The third-order valence-corrected chi connectivity index (χ3v) is 9.69. The van der Waals surface area contributed by atoms with Gasteiger partial charge in [0.15, 0.2) is 0 Å². The Labute approximate surface area is 367 Å². The number of benzene rings is 4. The predicted octanol–water partition coefficient (Wildman–Crippen LogP) is 5.94. The molecule has 0 aromatic heterocycles. The van der Waals surface area contributed by atoms with E-state index in [4.69, 9.17) is 18.9 Å². The van der Waals surface area contributed by atoms with Crippen LogP contribution in [0.5, 0.6) is 5.75 Å². The Morgan fingerprint density at radius 1 is 0.730 bits per heavy atom. The van der Waals surface area contributed by atoms with Crippen molar-refractivity contribution in [2.45, 2.75) is 90.0 Å². The van der Waals surface area contributed by atoms with Gasteiger partial charge in [-0.3, -0.25) is 14.9 Å². The van der Waals surface area contributed by atoms with Gasteiger partial charge in [-0.25, -0.2) is 14.4 Å². The number of alkyl carbamates (subject to hydrolysis) is 2. The third kappa shape index (κ3) is 15.8. The highest BCUT2D eigenvalue weighted by Gasteiger charge is 2.35. The van der Waals surface area contributed by atoms with Crippen LogP contribution in [-0.2, 0) is 43.4 Å². The first-order valence-electron chi connectivity index (χ1n) is 20.8. The SMILES string of the molecule is CCOc1ccc(CC(NC(=O)OC(C)(C)C)C(=O)N[C@@H](C(=O)NC2CCN(C(=NC(=O)OCc3ccccc3)NC(=O)OCc3ccccc3)CC2)[C@H](O)c2ccccc2)cc1. The molecule has 1 aliphatic rings. The van der Waals surface area contributed by atoms with Gasteiger partial charge in [0.2, 0.25) is 17.8 Å². The number of carbonyl (C=O) groups excluding carboxylic acids is 5. The Bertz CT molecular complexity index is 2120. The summed E-state index contributed by atoms with van der Waals surface area (Å²) >= 11 is 0. The van der Waals surface area contributed by atoms with E-state index in [1.807, 2.05) is 43.3 Å². The van der Waals surface area contributed by atoms with Crippen molar-refractivity contribution in [2.24, 2.45) is 4.99 Å². The molecule has 5 rings (SSSR count). The second kappa shape index (κ2) is 23.3. The minimum absolute atomic E-state index is 0.0154. The number of amides is 5. The average molecular weight is 865 g/mol. The topological polar surface area (TPSA) is 206 Å². The summed E-state index contributed by atoms with van der Waals surface area (Å²) in [6, 6.07) is 30.5. The van der Waals surface area contributed by atoms with E-state index in [0.29, 0.717) is 36.3 Å². The van der Waals surface area contributed by atoms with Crippen LogP contribution >= 0.6 is 0 Å². The maximum atomic E-state index is 14.2. The lowest BCUT2D eigenvalue weighted by Crippen LogP contribution is -2.58. The number of piperidine rings is 1. The van der Waals surface area contributed by atoms with Crippen molar-refractivity contribution in [3.8, 4) is 5.75 Å². The molecule has 1 heterocycles. The van der Waals surface area contributed by atoms with Crippen molar-refractivity contribution in [1.82, 2.24) is 26.2 Å². The third-order valence-electron chi connectivity index (χ3n) is 9.69. The molecule has 4 aromatic rings. The molecule has 0 aliphatic carbocycles. The van der Waals surface area contributed by atoms with Gasteiger partial charge < -0.3 is 44.9 Å². The molecule has 1 unspecified atom stereocenters. The molecule has 1 saturated heterocycles. The van der Waals surface area contributed by atoms with E-state index < -0.39 is 59.9 Å². The van der Waals surface area contributed by atoms with Crippen LogP contribution in [0.4, 0.5) is 14.4 Å². The second-order valence-electron chi connectivity index (χ2n) is 15.8. The Balaban J connectivity index is 1.29. The van der Waals surface area contributed by atoms with Crippen LogP contribution in [0.2, 0.25) is 0 Å². The molecule has 63 heavy (non-hydrogen) atoms. The summed E-state index contributed by atoms with van der Waals surface area (Å²) in [5.41, 5.74) is 1.73. The van der Waals surface area contributed by atoms with Crippen molar-refractivity contribution in [1.29, 1.82) is 0 Å². The van der Waals surface area contributed by atoms with Crippen LogP contribution in [0.25, 0.3) is 0 Å². The summed E-state index contributed by atoms with van der Waals surface area (Å²) in [7, 11) is 0. The van der Waals surface area contributed by atoms with Crippen LogP contribution in [0.3, 0.4) is 0 Å². The number of hydrogen-bond donors (Lipinski definition) is 5. The van der Waals surface area contributed by atoms with Gasteiger partial charge in [-0.1, -0.05) is 103 Å². The Kier molecular flexibility index (Phi) is 17.4. The van der Waals surface area contributed by atoms with Gasteiger partial charge in [0, 0.05) is 25.6 Å². The number of rotatable bonds is 15. The number of carbonyl (C=O) groups is 5. The van der Waals surface area contributed by atoms with Crippen LogP contribution in [-0.4, -0.2) is 89.5 Å². The number of aliphatic imine (C=N–C) groups is 1. The molecule has 5 amide bonds. The van der Waals surface area contributed by atoms with Crippen LogP contribution in [0.1, 0.15) is 68.9 Å². The van der Waals surface area contributed by atoms with Crippen molar-refractivity contribution >= 4 is 36.1 Å². The highest BCUT2D eigenvalue weighted by molar-refractivity contribution is 5.99. The van der Waals surface area contributed by atoms with Crippen LogP contribution in [0.15, 0.2) is 120 Å². The van der Waals surface area contributed by atoms with Gasteiger partial charge in [0.1, 0.15) is 42.8 Å². The number of likely N-dealkylation sites (tertiary alicyclic amines) is 1. The average Bonchev–Trinajstić information content (AvgIpc) is 3.27. The zero-order valence-electron chi connectivity index (χ0n) is 36.0. The molecule has 4 aromatic carbocycles. The highest BCUT2D eigenvalue weighted by Crippen LogP contribution is 2.20. The first-order chi connectivity index (χ1) is 30.3. The van der Waals surface area contributed by atoms with Crippen LogP contribution < -0.4 is 26.0 Å². The molecular formula is C47H56N6O10. The van der Waals surface area contributed by atoms with Gasteiger partial charge in [-0.2, -0.15) is 0 Å². The normalized spacial score (nSPS) is 14.6. The van der Waals surface area contributed by atoms with Gasteiger partial charge >= 0.3 is 18.3 Å². The van der Waals surface area contributed by atoms with E-state index in [1.54, 1.807) is 105 Å². The monoisotopic (exact) mass is 864 g/mol. The largest absolute Gasteiger partial charge is 0.494 e. The van der Waals surface area contributed by atoms with Gasteiger partial charge in [0.05, 0.1) is 6.61 Å². The summed E-state index contributed by atoms with van der Waals surface area (Å²) in [6.07, 6.45) is -3.39. The van der Waals surface area contributed by atoms with Crippen molar-refractivity contribution < 1.29 is 48.0 Å². The molecule has 1 aliphatic heterocycles. The molecule has 0 radical (unpaired) electrons. The zero-order chi connectivity index (χ0) is 45.2. The Morgan fingerprint density at radius 3 is 1.87 bits per heavy atom. The number of hydrogen-bond acceptors (Lipinski definition) is 10. The summed E-state index contributed by atoms with van der Waals surface area (Å²) in [5.74, 6) is -0.851. The fraction of sp³-hybridized carbons (Fsp3) is 0.362. The van der Waals surface area contributed by atoms with E-state index in [9.17, 15) is 29.1 Å². The maximum absolute atomic E-state index is 14.2. The molecule has 0 bridgehead atoms. The number of ether oxygens (including phenoxy) is 4. The van der Waals surface area contributed by atoms with Crippen LogP contribution in [0, 0.1) is 0 Å². The number of nitrogens with one attached hydrogen (secondary N) is 4. The predicted molar refractivity (Wildman–Crippen MR) is 234 cm³/mol. The molecule has 1 fully saturated rings. The molecule has 334 valence electrons.